The Morgan fingerprint density at radius 3 is 2.86 bits per heavy atom. The average molecular weight is 206 g/mol. The van der Waals surface area contributed by atoms with E-state index in [0.29, 0.717) is 11.4 Å². The summed E-state index contributed by atoms with van der Waals surface area (Å²) in [4.78, 5) is 19.1. The van der Waals surface area contributed by atoms with Crippen LogP contribution in [-0.2, 0) is 0 Å². The highest BCUT2D eigenvalue weighted by atomic mass is 32.1. The van der Waals surface area contributed by atoms with E-state index >= 15 is 0 Å². The van der Waals surface area contributed by atoms with E-state index in [1.54, 1.807) is 24.4 Å². The first kappa shape index (κ1) is 8.83. The van der Waals surface area contributed by atoms with Gasteiger partial charge >= 0.3 is 5.97 Å². The molecule has 0 aliphatic rings. The SMILES string of the molecule is O=C(O)c1scnc1-c1ccccn1. The maximum atomic E-state index is 10.8. The number of carbonyl (C=O) groups is 1. The maximum Gasteiger partial charge on any atom is 0.348 e. The second-order valence-electron chi connectivity index (χ2n) is 2.55. The fraction of sp³-hybridized carbons (Fsp3) is 0. The summed E-state index contributed by atoms with van der Waals surface area (Å²) in [6, 6.07) is 5.31. The number of aromatic nitrogens is 2. The van der Waals surface area contributed by atoms with Crippen molar-refractivity contribution in [1.29, 1.82) is 0 Å². The molecule has 0 aliphatic carbocycles. The molecule has 0 bridgehead atoms. The van der Waals surface area contributed by atoms with Crippen molar-refractivity contribution >= 4 is 17.3 Å². The van der Waals surface area contributed by atoms with Crippen molar-refractivity contribution < 1.29 is 9.90 Å². The van der Waals surface area contributed by atoms with Crippen LogP contribution < -0.4 is 0 Å². The van der Waals surface area contributed by atoms with Crippen molar-refractivity contribution in [2.24, 2.45) is 0 Å². The Kier molecular flexibility index (Phi) is 2.24. The van der Waals surface area contributed by atoms with Crippen molar-refractivity contribution in [3.63, 3.8) is 0 Å². The molecule has 14 heavy (non-hydrogen) atoms. The van der Waals surface area contributed by atoms with Crippen LogP contribution in [-0.4, -0.2) is 21.0 Å². The van der Waals surface area contributed by atoms with Crippen LogP contribution in [0.3, 0.4) is 0 Å². The van der Waals surface area contributed by atoms with Gasteiger partial charge in [-0.2, -0.15) is 0 Å². The highest BCUT2D eigenvalue weighted by Gasteiger charge is 2.15. The Bertz CT molecular complexity index is 453. The van der Waals surface area contributed by atoms with Gasteiger partial charge in [0.2, 0.25) is 0 Å². The van der Waals surface area contributed by atoms with Crippen molar-refractivity contribution in [3.05, 3.63) is 34.8 Å². The van der Waals surface area contributed by atoms with E-state index in [9.17, 15) is 4.79 Å². The van der Waals surface area contributed by atoms with Gasteiger partial charge in [-0.1, -0.05) is 6.07 Å². The summed E-state index contributed by atoms with van der Waals surface area (Å²) >= 11 is 1.10. The molecule has 0 aromatic carbocycles. The number of rotatable bonds is 2. The predicted octanol–water partition coefficient (Wildman–Crippen LogP) is 1.90. The molecule has 0 saturated heterocycles. The zero-order valence-corrected chi connectivity index (χ0v) is 7.86. The largest absolute Gasteiger partial charge is 0.477 e. The molecule has 0 fully saturated rings. The van der Waals surface area contributed by atoms with Crippen molar-refractivity contribution in [1.82, 2.24) is 9.97 Å². The molecular formula is C9H6N2O2S. The van der Waals surface area contributed by atoms with E-state index in [1.807, 2.05) is 0 Å². The third-order valence-corrected chi connectivity index (χ3v) is 2.48. The third kappa shape index (κ3) is 1.49. The van der Waals surface area contributed by atoms with Crippen LogP contribution in [0.15, 0.2) is 29.9 Å². The van der Waals surface area contributed by atoms with Gasteiger partial charge in [-0.15, -0.1) is 11.3 Å². The van der Waals surface area contributed by atoms with E-state index in [4.69, 9.17) is 5.11 Å². The molecule has 2 heterocycles. The van der Waals surface area contributed by atoms with Crippen LogP contribution in [0.4, 0.5) is 0 Å². The molecule has 5 heteroatoms. The van der Waals surface area contributed by atoms with Gasteiger partial charge in [0.1, 0.15) is 10.6 Å². The number of carboxylic acids is 1. The second kappa shape index (κ2) is 3.55. The molecule has 2 rings (SSSR count). The van der Waals surface area contributed by atoms with Gasteiger partial charge in [0.25, 0.3) is 0 Å². The van der Waals surface area contributed by atoms with E-state index < -0.39 is 5.97 Å². The van der Waals surface area contributed by atoms with Gasteiger partial charge in [-0.3, -0.25) is 4.98 Å². The summed E-state index contributed by atoms with van der Waals surface area (Å²) in [7, 11) is 0. The monoisotopic (exact) mass is 206 g/mol. The molecule has 2 aromatic rings. The highest BCUT2D eigenvalue weighted by molar-refractivity contribution is 7.12. The number of aromatic carboxylic acids is 1. The van der Waals surface area contributed by atoms with E-state index in [0.717, 1.165) is 11.3 Å². The summed E-state index contributed by atoms with van der Waals surface area (Å²) < 4.78 is 0. The van der Waals surface area contributed by atoms with Gasteiger partial charge in [0.15, 0.2) is 0 Å². The van der Waals surface area contributed by atoms with Crippen LogP contribution >= 0.6 is 11.3 Å². The topological polar surface area (TPSA) is 63.1 Å². The minimum absolute atomic E-state index is 0.226. The molecule has 0 spiro atoms. The molecule has 0 aliphatic heterocycles. The molecule has 0 atom stereocenters. The zero-order chi connectivity index (χ0) is 9.97. The second-order valence-corrected chi connectivity index (χ2v) is 3.40. The molecule has 70 valence electrons. The minimum atomic E-state index is -0.965. The smallest absolute Gasteiger partial charge is 0.348 e. The minimum Gasteiger partial charge on any atom is -0.477 e. The quantitative estimate of drug-likeness (QED) is 0.815. The van der Waals surface area contributed by atoms with E-state index in [-0.39, 0.29) is 4.88 Å². The molecule has 0 amide bonds. The Labute approximate surface area is 83.9 Å². The highest BCUT2D eigenvalue weighted by Crippen LogP contribution is 2.22. The van der Waals surface area contributed by atoms with Gasteiger partial charge in [-0.05, 0) is 12.1 Å². The van der Waals surface area contributed by atoms with Gasteiger partial charge in [0, 0.05) is 6.20 Å². The van der Waals surface area contributed by atoms with E-state index in [2.05, 4.69) is 9.97 Å². The fourth-order valence-corrected chi connectivity index (χ4v) is 1.72. The van der Waals surface area contributed by atoms with Crippen LogP contribution in [0.5, 0.6) is 0 Å². The first-order valence-electron chi connectivity index (χ1n) is 3.87. The number of hydrogen-bond acceptors (Lipinski definition) is 4. The number of thiazole rings is 1. The lowest BCUT2D eigenvalue weighted by atomic mass is 10.2. The van der Waals surface area contributed by atoms with Gasteiger partial charge in [0.05, 0.1) is 11.2 Å². The summed E-state index contributed by atoms with van der Waals surface area (Å²) in [5.41, 5.74) is 2.53. The van der Waals surface area contributed by atoms with Crippen LogP contribution in [0.25, 0.3) is 11.4 Å². The lowest BCUT2D eigenvalue weighted by molar-refractivity contribution is 0.0702. The summed E-state index contributed by atoms with van der Waals surface area (Å²) in [6.45, 7) is 0. The number of nitrogens with zero attached hydrogens (tertiary/aromatic N) is 2. The fourth-order valence-electron chi connectivity index (χ4n) is 1.08. The number of carboxylic acid groups (broad SMARTS) is 1. The first-order chi connectivity index (χ1) is 6.79. The summed E-state index contributed by atoms with van der Waals surface area (Å²) in [5, 5.41) is 8.86. The molecule has 2 aromatic heterocycles. The van der Waals surface area contributed by atoms with Crippen LogP contribution in [0.1, 0.15) is 9.67 Å². The van der Waals surface area contributed by atoms with Gasteiger partial charge < -0.3 is 5.11 Å². The lowest BCUT2D eigenvalue weighted by Crippen LogP contribution is -1.96. The summed E-state index contributed by atoms with van der Waals surface area (Å²) in [6.07, 6.45) is 1.61. The van der Waals surface area contributed by atoms with Crippen molar-refractivity contribution in [2.75, 3.05) is 0 Å². The normalized spacial score (nSPS) is 10.0. The maximum absolute atomic E-state index is 10.8. The molecule has 0 unspecified atom stereocenters. The average Bonchev–Trinajstić information content (AvgIpc) is 2.67. The predicted molar refractivity (Wildman–Crippen MR) is 52.3 cm³/mol. The van der Waals surface area contributed by atoms with E-state index in [1.165, 1.54) is 5.51 Å². The Balaban J connectivity index is 2.52. The standard InChI is InChI=1S/C9H6N2O2S/c12-9(13)8-7(11-5-14-8)6-3-1-2-4-10-6/h1-5H,(H,12,13). The number of hydrogen-bond donors (Lipinski definition) is 1. The third-order valence-electron chi connectivity index (χ3n) is 1.67. The van der Waals surface area contributed by atoms with Crippen molar-refractivity contribution in [3.8, 4) is 11.4 Å². The Morgan fingerprint density at radius 2 is 2.21 bits per heavy atom. The molecular weight excluding hydrogens is 200 g/mol. The lowest BCUT2D eigenvalue weighted by Gasteiger charge is -1.96. The van der Waals surface area contributed by atoms with Gasteiger partial charge in [-0.25, -0.2) is 9.78 Å². The molecule has 4 nitrogen and oxygen atoms in total. The van der Waals surface area contributed by atoms with Crippen molar-refractivity contribution in [2.45, 2.75) is 0 Å². The molecule has 0 saturated carbocycles. The zero-order valence-electron chi connectivity index (χ0n) is 7.04. The first-order valence-corrected chi connectivity index (χ1v) is 4.75. The molecule has 1 N–H and O–H groups in total. The summed E-state index contributed by atoms with van der Waals surface area (Å²) in [5.74, 6) is -0.965. The van der Waals surface area contributed by atoms with Crippen LogP contribution in [0, 0.1) is 0 Å². The number of pyridine rings is 1. The Morgan fingerprint density at radius 1 is 1.36 bits per heavy atom. The Hall–Kier alpha value is -1.75. The van der Waals surface area contributed by atoms with Crippen LogP contribution in [0.2, 0.25) is 0 Å². The molecule has 0 radical (unpaired) electrons.